The third-order valence-corrected chi connectivity index (χ3v) is 2.88. The van der Waals surface area contributed by atoms with Crippen LogP contribution in [0.1, 0.15) is 39.0 Å². The molecule has 1 atom stereocenters. The number of carbonyl (C=O) groups excluding carboxylic acids is 1. The lowest BCUT2D eigenvalue weighted by Crippen LogP contribution is -2.46. The Morgan fingerprint density at radius 1 is 1.14 bits per heavy atom. The molecule has 3 N–H and O–H groups in total. The Morgan fingerprint density at radius 2 is 1.90 bits per heavy atom. The lowest BCUT2D eigenvalue weighted by atomic mass is 10.1. The van der Waals surface area contributed by atoms with Crippen molar-refractivity contribution in [3.05, 3.63) is 0 Å². The Hall–Kier alpha value is -1.34. The summed E-state index contributed by atoms with van der Waals surface area (Å²) in [5.74, 6) is -0.995. The molecule has 2 amide bonds. The van der Waals surface area contributed by atoms with Crippen molar-refractivity contribution in [2.45, 2.75) is 45.1 Å². The second-order valence-corrected chi connectivity index (χ2v) is 4.75. The molecule has 21 heavy (non-hydrogen) atoms. The van der Waals surface area contributed by atoms with Crippen LogP contribution in [0.3, 0.4) is 0 Å². The van der Waals surface area contributed by atoms with Gasteiger partial charge in [0.15, 0.2) is 0 Å². The molecular weight excluding hydrogens is 276 g/mol. The third kappa shape index (κ3) is 12.1. The highest BCUT2D eigenvalue weighted by Gasteiger charge is 2.18. The lowest BCUT2D eigenvalue weighted by Gasteiger charge is -2.14. The van der Waals surface area contributed by atoms with Gasteiger partial charge in [-0.2, -0.15) is 0 Å². The predicted molar refractivity (Wildman–Crippen MR) is 79.4 cm³/mol. The van der Waals surface area contributed by atoms with Crippen LogP contribution < -0.4 is 10.6 Å². The van der Waals surface area contributed by atoms with Crippen LogP contribution in [0, 0.1) is 0 Å². The summed E-state index contributed by atoms with van der Waals surface area (Å²) in [5.41, 5.74) is 0. The maximum Gasteiger partial charge on any atom is 0.326 e. The van der Waals surface area contributed by atoms with Gasteiger partial charge in [0.1, 0.15) is 6.04 Å². The number of unbranched alkanes of at least 4 members (excludes halogenated alkanes) is 2. The lowest BCUT2D eigenvalue weighted by molar-refractivity contribution is -0.139. The number of carboxylic acid groups (broad SMARTS) is 1. The first-order valence-electron chi connectivity index (χ1n) is 7.45. The van der Waals surface area contributed by atoms with E-state index in [1.807, 2.05) is 6.92 Å². The maximum atomic E-state index is 11.6. The molecule has 0 radical (unpaired) electrons. The van der Waals surface area contributed by atoms with Crippen LogP contribution in [0.15, 0.2) is 0 Å². The van der Waals surface area contributed by atoms with E-state index in [1.54, 1.807) is 7.11 Å². The normalized spacial score (nSPS) is 11.9. The summed E-state index contributed by atoms with van der Waals surface area (Å²) in [4.78, 5) is 22.5. The first-order chi connectivity index (χ1) is 10.1. The van der Waals surface area contributed by atoms with Crippen molar-refractivity contribution in [2.24, 2.45) is 0 Å². The monoisotopic (exact) mass is 304 g/mol. The van der Waals surface area contributed by atoms with Gasteiger partial charge in [0.2, 0.25) is 0 Å². The number of ether oxygens (including phenoxy) is 2. The molecule has 0 aromatic carbocycles. The van der Waals surface area contributed by atoms with E-state index in [0.717, 1.165) is 25.7 Å². The fourth-order valence-electron chi connectivity index (χ4n) is 1.65. The quantitative estimate of drug-likeness (QED) is 0.447. The zero-order valence-corrected chi connectivity index (χ0v) is 13.0. The number of urea groups is 1. The van der Waals surface area contributed by atoms with Gasteiger partial charge >= 0.3 is 12.0 Å². The van der Waals surface area contributed by atoms with Crippen molar-refractivity contribution in [3.8, 4) is 0 Å². The second kappa shape index (κ2) is 13.6. The smallest absolute Gasteiger partial charge is 0.326 e. The number of aliphatic carboxylic acids is 1. The molecule has 0 aromatic heterocycles. The van der Waals surface area contributed by atoms with Gasteiger partial charge in [0.05, 0.1) is 13.2 Å². The fraction of sp³-hybridized carbons (Fsp3) is 0.857. The van der Waals surface area contributed by atoms with E-state index in [9.17, 15) is 9.59 Å². The summed E-state index contributed by atoms with van der Waals surface area (Å²) < 4.78 is 10.1. The predicted octanol–water partition coefficient (Wildman–Crippen LogP) is 1.37. The molecule has 0 bridgehead atoms. The van der Waals surface area contributed by atoms with Crippen molar-refractivity contribution in [2.75, 3.05) is 33.5 Å². The van der Waals surface area contributed by atoms with Gasteiger partial charge < -0.3 is 25.2 Å². The second-order valence-electron chi connectivity index (χ2n) is 4.75. The minimum atomic E-state index is -0.995. The summed E-state index contributed by atoms with van der Waals surface area (Å²) in [6.07, 6.45) is 3.74. The molecular formula is C14H28N2O5. The van der Waals surface area contributed by atoms with Gasteiger partial charge in [0.25, 0.3) is 0 Å². The van der Waals surface area contributed by atoms with Gasteiger partial charge in [-0.15, -0.1) is 0 Å². The molecule has 0 aliphatic heterocycles. The minimum absolute atomic E-state index is 0.432. The number of hydrogen-bond acceptors (Lipinski definition) is 4. The van der Waals surface area contributed by atoms with Crippen LogP contribution >= 0.6 is 0 Å². The van der Waals surface area contributed by atoms with E-state index < -0.39 is 18.0 Å². The zero-order chi connectivity index (χ0) is 15.9. The molecule has 0 aromatic rings. The zero-order valence-electron chi connectivity index (χ0n) is 13.0. The van der Waals surface area contributed by atoms with Crippen LogP contribution in [0.25, 0.3) is 0 Å². The number of carboxylic acids is 1. The molecule has 0 aliphatic carbocycles. The standard InChI is InChI=1S/C14H28N2O5/c1-3-4-7-12(13(17)18)16-14(19)15-8-5-6-9-21-11-10-20-2/h12H,3-11H2,1-2H3,(H,17,18)(H2,15,16,19). The number of hydrogen-bond donors (Lipinski definition) is 3. The minimum Gasteiger partial charge on any atom is -0.480 e. The molecule has 0 heterocycles. The molecule has 7 heteroatoms. The van der Waals surface area contributed by atoms with E-state index in [1.165, 1.54) is 0 Å². The highest BCUT2D eigenvalue weighted by molar-refractivity contribution is 5.82. The molecule has 124 valence electrons. The topological polar surface area (TPSA) is 96.9 Å². The van der Waals surface area contributed by atoms with Gasteiger partial charge in [-0.25, -0.2) is 9.59 Å². The van der Waals surface area contributed by atoms with E-state index >= 15 is 0 Å². The van der Waals surface area contributed by atoms with Crippen molar-refractivity contribution >= 4 is 12.0 Å². The van der Waals surface area contributed by atoms with E-state index in [-0.39, 0.29) is 0 Å². The SMILES string of the molecule is CCCCC(NC(=O)NCCCCOCCOC)C(=O)O. The Labute approximate surface area is 126 Å². The van der Waals surface area contributed by atoms with Crippen LogP contribution in [-0.2, 0) is 14.3 Å². The average molecular weight is 304 g/mol. The Kier molecular flexibility index (Phi) is 12.8. The van der Waals surface area contributed by atoms with Crippen LogP contribution in [0.5, 0.6) is 0 Å². The van der Waals surface area contributed by atoms with E-state index in [2.05, 4.69) is 10.6 Å². The Morgan fingerprint density at radius 3 is 2.52 bits per heavy atom. The molecule has 7 nitrogen and oxygen atoms in total. The fourth-order valence-corrected chi connectivity index (χ4v) is 1.65. The van der Waals surface area contributed by atoms with Crippen LogP contribution in [0.4, 0.5) is 4.79 Å². The Bertz CT molecular complexity index is 287. The number of rotatable bonds is 13. The maximum absolute atomic E-state index is 11.6. The van der Waals surface area contributed by atoms with E-state index in [4.69, 9.17) is 14.6 Å². The van der Waals surface area contributed by atoms with Gasteiger partial charge in [-0.3, -0.25) is 0 Å². The number of methoxy groups -OCH3 is 1. The number of amides is 2. The molecule has 0 aliphatic rings. The summed E-state index contributed by atoms with van der Waals surface area (Å²) >= 11 is 0. The molecule has 0 fully saturated rings. The summed E-state index contributed by atoms with van der Waals surface area (Å²) in [5, 5.41) is 14.1. The first kappa shape index (κ1) is 19.7. The third-order valence-electron chi connectivity index (χ3n) is 2.88. The number of nitrogens with one attached hydrogen (secondary N) is 2. The first-order valence-corrected chi connectivity index (χ1v) is 7.45. The van der Waals surface area contributed by atoms with Gasteiger partial charge in [0, 0.05) is 20.3 Å². The Balaban J connectivity index is 3.61. The van der Waals surface area contributed by atoms with Crippen LogP contribution in [-0.4, -0.2) is 56.6 Å². The molecule has 0 spiro atoms. The van der Waals surface area contributed by atoms with Crippen molar-refractivity contribution in [1.82, 2.24) is 10.6 Å². The summed E-state index contributed by atoms with van der Waals surface area (Å²) in [6.45, 7) is 4.26. The van der Waals surface area contributed by atoms with Gasteiger partial charge in [-0.05, 0) is 19.3 Å². The van der Waals surface area contributed by atoms with E-state index in [0.29, 0.717) is 32.8 Å². The van der Waals surface area contributed by atoms with Gasteiger partial charge in [-0.1, -0.05) is 19.8 Å². The highest BCUT2D eigenvalue weighted by atomic mass is 16.5. The van der Waals surface area contributed by atoms with Crippen molar-refractivity contribution in [3.63, 3.8) is 0 Å². The highest BCUT2D eigenvalue weighted by Crippen LogP contribution is 2.00. The van der Waals surface area contributed by atoms with Crippen LogP contribution in [0.2, 0.25) is 0 Å². The van der Waals surface area contributed by atoms with Crippen molar-refractivity contribution < 1.29 is 24.2 Å². The summed E-state index contributed by atoms with van der Waals surface area (Å²) in [7, 11) is 1.62. The molecule has 0 saturated carbocycles. The number of carbonyl (C=O) groups is 2. The molecule has 1 unspecified atom stereocenters. The molecule has 0 saturated heterocycles. The largest absolute Gasteiger partial charge is 0.480 e. The molecule has 0 rings (SSSR count). The van der Waals surface area contributed by atoms with Crippen molar-refractivity contribution in [1.29, 1.82) is 0 Å². The summed E-state index contributed by atoms with van der Waals surface area (Å²) in [6, 6.07) is -1.25. The average Bonchev–Trinajstić information content (AvgIpc) is 2.46.